The lowest BCUT2D eigenvalue weighted by Crippen LogP contribution is -2.02. The quantitative estimate of drug-likeness (QED) is 0.174. The Morgan fingerprint density at radius 2 is 1.08 bits per heavy atom. The van der Waals surface area contributed by atoms with Gasteiger partial charge in [0.2, 0.25) is 0 Å². The predicted octanol–water partition coefficient (Wildman–Crippen LogP) is 12.9. The van der Waals surface area contributed by atoms with Crippen LogP contribution in [-0.2, 0) is 6.42 Å². The molecule has 0 atom stereocenters. The van der Waals surface area contributed by atoms with E-state index >= 15 is 0 Å². The van der Waals surface area contributed by atoms with Gasteiger partial charge in [-0.05, 0) is 97.7 Å². The van der Waals surface area contributed by atoms with Gasteiger partial charge in [0, 0.05) is 27.5 Å². The molecule has 0 saturated heterocycles. The number of fused-ring (bicyclic) bond motifs is 8. The van der Waals surface area contributed by atoms with Crippen LogP contribution in [-0.4, -0.2) is 15.0 Å². The molecule has 0 spiro atoms. The molecule has 2 aromatic heterocycles. The standard InChI is InChI=1S/C49H31N3O/c1-2-12-33-28-34(24-20-30(33)10-1)47-50-48(35-25-23-32-22-21-31-11-3-4-13-36(31)43(32)29-35)52-49(51-47)41-27-26-39(37-14-5-6-15-38(37)41)40-17-9-19-45-46(40)42-16-7-8-18-44(42)53-45/h2-9,11-29H,1,10H2. The minimum atomic E-state index is 0.644. The molecule has 11 rings (SSSR count). The zero-order valence-corrected chi connectivity index (χ0v) is 28.8. The van der Waals surface area contributed by atoms with Gasteiger partial charge in [0.15, 0.2) is 17.5 Å². The molecule has 1 aliphatic carbocycles. The fourth-order valence-corrected chi connectivity index (χ4v) is 8.19. The number of allylic oxidation sites excluding steroid dienone is 1. The highest BCUT2D eigenvalue weighted by Crippen LogP contribution is 2.42. The lowest BCUT2D eigenvalue weighted by Gasteiger charge is -2.15. The zero-order chi connectivity index (χ0) is 34.9. The van der Waals surface area contributed by atoms with Gasteiger partial charge in [-0.25, -0.2) is 15.0 Å². The number of aryl methyl sites for hydroxylation is 1. The van der Waals surface area contributed by atoms with Crippen molar-refractivity contribution < 1.29 is 4.42 Å². The van der Waals surface area contributed by atoms with Crippen molar-refractivity contribution in [3.8, 4) is 45.3 Å². The summed E-state index contributed by atoms with van der Waals surface area (Å²) in [5, 5.41) is 9.23. The van der Waals surface area contributed by atoms with Crippen LogP contribution in [0.5, 0.6) is 0 Å². The van der Waals surface area contributed by atoms with Crippen LogP contribution in [0.4, 0.5) is 0 Å². The van der Waals surface area contributed by atoms with Crippen molar-refractivity contribution in [2.45, 2.75) is 12.8 Å². The summed E-state index contributed by atoms with van der Waals surface area (Å²) in [7, 11) is 0. The molecule has 53 heavy (non-hydrogen) atoms. The Morgan fingerprint density at radius 3 is 1.94 bits per heavy atom. The normalized spacial score (nSPS) is 12.7. The highest BCUT2D eigenvalue weighted by molar-refractivity contribution is 6.16. The lowest BCUT2D eigenvalue weighted by atomic mass is 9.92. The number of nitrogens with zero attached hydrogens (tertiary/aromatic N) is 3. The van der Waals surface area contributed by atoms with Gasteiger partial charge in [0.25, 0.3) is 0 Å². The molecule has 8 aromatic carbocycles. The van der Waals surface area contributed by atoms with Crippen LogP contribution in [0.3, 0.4) is 0 Å². The average molecular weight is 678 g/mol. The van der Waals surface area contributed by atoms with Crippen molar-refractivity contribution in [1.82, 2.24) is 15.0 Å². The van der Waals surface area contributed by atoms with Crippen LogP contribution < -0.4 is 0 Å². The fourth-order valence-electron chi connectivity index (χ4n) is 8.19. The number of furan rings is 1. The molecular weight excluding hydrogens is 647 g/mol. The van der Waals surface area contributed by atoms with E-state index in [0.717, 1.165) is 73.4 Å². The summed E-state index contributed by atoms with van der Waals surface area (Å²) in [5.74, 6) is 1.95. The Morgan fingerprint density at radius 1 is 0.434 bits per heavy atom. The molecule has 0 radical (unpaired) electrons. The predicted molar refractivity (Wildman–Crippen MR) is 219 cm³/mol. The van der Waals surface area contributed by atoms with Gasteiger partial charge in [-0.3, -0.25) is 0 Å². The molecule has 248 valence electrons. The maximum absolute atomic E-state index is 6.28. The van der Waals surface area contributed by atoms with E-state index in [1.165, 1.54) is 32.7 Å². The number of benzene rings is 8. The highest BCUT2D eigenvalue weighted by Gasteiger charge is 2.19. The summed E-state index contributed by atoms with van der Waals surface area (Å²) in [4.78, 5) is 15.7. The molecule has 4 nitrogen and oxygen atoms in total. The van der Waals surface area contributed by atoms with Crippen molar-refractivity contribution in [3.05, 3.63) is 169 Å². The van der Waals surface area contributed by atoms with E-state index in [-0.39, 0.29) is 0 Å². The van der Waals surface area contributed by atoms with Crippen LogP contribution in [0.1, 0.15) is 17.5 Å². The van der Waals surface area contributed by atoms with Crippen molar-refractivity contribution >= 4 is 60.3 Å². The highest BCUT2D eigenvalue weighted by atomic mass is 16.3. The summed E-state index contributed by atoms with van der Waals surface area (Å²) >= 11 is 0. The summed E-state index contributed by atoms with van der Waals surface area (Å²) in [6.45, 7) is 0. The molecule has 0 N–H and O–H groups in total. The maximum atomic E-state index is 6.28. The molecule has 4 heteroatoms. The first kappa shape index (κ1) is 29.8. The molecule has 0 amide bonds. The van der Waals surface area contributed by atoms with E-state index in [1.807, 2.05) is 12.1 Å². The van der Waals surface area contributed by atoms with Gasteiger partial charge in [0.1, 0.15) is 11.2 Å². The summed E-state index contributed by atoms with van der Waals surface area (Å²) < 4.78 is 6.28. The lowest BCUT2D eigenvalue weighted by molar-refractivity contribution is 0.669. The first-order valence-corrected chi connectivity index (χ1v) is 18.2. The van der Waals surface area contributed by atoms with E-state index < -0.39 is 0 Å². The average Bonchev–Trinajstić information content (AvgIpc) is 3.62. The first-order chi connectivity index (χ1) is 26.2. The summed E-state index contributed by atoms with van der Waals surface area (Å²) in [5.41, 5.74) is 9.52. The van der Waals surface area contributed by atoms with Gasteiger partial charge in [-0.15, -0.1) is 0 Å². The Balaban J connectivity index is 1.14. The van der Waals surface area contributed by atoms with Crippen LogP contribution in [0, 0.1) is 0 Å². The number of hydrogen-bond acceptors (Lipinski definition) is 4. The van der Waals surface area contributed by atoms with Crippen molar-refractivity contribution in [2.24, 2.45) is 0 Å². The molecule has 0 saturated carbocycles. The third-order valence-electron chi connectivity index (χ3n) is 10.8. The third-order valence-corrected chi connectivity index (χ3v) is 10.8. The second-order valence-electron chi connectivity index (χ2n) is 13.9. The molecule has 0 bridgehead atoms. The second kappa shape index (κ2) is 11.8. The molecule has 1 aliphatic rings. The van der Waals surface area contributed by atoms with E-state index in [9.17, 15) is 0 Å². The largest absolute Gasteiger partial charge is 0.456 e. The fraction of sp³-hybridized carbons (Fsp3) is 0.0408. The molecule has 0 unspecified atom stereocenters. The first-order valence-electron chi connectivity index (χ1n) is 18.2. The van der Waals surface area contributed by atoms with Crippen molar-refractivity contribution in [2.75, 3.05) is 0 Å². The van der Waals surface area contributed by atoms with Crippen LogP contribution >= 0.6 is 0 Å². The van der Waals surface area contributed by atoms with Gasteiger partial charge in [-0.1, -0.05) is 133 Å². The monoisotopic (exact) mass is 677 g/mol. The molecular formula is C49H31N3O. The second-order valence-corrected chi connectivity index (χ2v) is 13.9. The Kier molecular flexibility index (Phi) is 6.65. The van der Waals surface area contributed by atoms with Crippen LogP contribution in [0.15, 0.2) is 162 Å². The minimum absolute atomic E-state index is 0.644. The Bertz CT molecular complexity index is 3130. The maximum Gasteiger partial charge on any atom is 0.164 e. The third kappa shape index (κ3) is 4.87. The van der Waals surface area contributed by atoms with Gasteiger partial charge in [0.05, 0.1) is 0 Å². The molecule has 2 heterocycles. The zero-order valence-electron chi connectivity index (χ0n) is 28.8. The topological polar surface area (TPSA) is 51.8 Å². The van der Waals surface area contributed by atoms with Crippen molar-refractivity contribution in [1.29, 1.82) is 0 Å². The smallest absolute Gasteiger partial charge is 0.164 e. The number of aromatic nitrogens is 3. The van der Waals surface area contributed by atoms with Gasteiger partial charge >= 0.3 is 0 Å². The van der Waals surface area contributed by atoms with Crippen LogP contribution in [0.2, 0.25) is 0 Å². The molecule has 0 fully saturated rings. The Hall–Kier alpha value is -6.91. The molecule has 10 aromatic rings. The van der Waals surface area contributed by atoms with Gasteiger partial charge < -0.3 is 4.42 Å². The number of hydrogen-bond donors (Lipinski definition) is 0. The summed E-state index contributed by atoms with van der Waals surface area (Å²) in [6.07, 6.45) is 6.58. The van der Waals surface area contributed by atoms with E-state index in [4.69, 9.17) is 19.4 Å². The van der Waals surface area contributed by atoms with Gasteiger partial charge in [-0.2, -0.15) is 0 Å². The Labute approximate surface area is 305 Å². The van der Waals surface area contributed by atoms with Crippen LogP contribution in [0.25, 0.3) is 106 Å². The molecule has 0 aliphatic heterocycles. The summed E-state index contributed by atoms with van der Waals surface area (Å²) in [6, 6.07) is 53.6. The van der Waals surface area contributed by atoms with E-state index in [1.54, 1.807) is 0 Å². The number of rotatable bonds is 4. The SMILES string of the molecule is C1=Cc2cc(-c3nc(-c4ccc5ccc6ccccc6c5c4)nc(-c4ccc(-c5cccc6oc7ccccc7c56)c5ccccc45)n3)ccc2CC1. The number of para-hydroxylation sites is 1. The van der Waals surface area contributed by atoms with Crippen molar-refractivity contribution in [3.63, 3.8) is 0 Å². The van der Waals surface area contributed by atoms with E-state index in [2.05, 4.69) is 152 Å². The minimum Gasteiger partial charge on any atom is -0.456 e. The van der Waals surface area contributed by atoms with E-state index in [0.29, 0.717) is 17.5 Å².